The average molecular weight is 1020 g/mol. The summed E-state index contributed by atoms with van der Waals surface area (Å²) in [6.07, 6.45) is -6.27. The molecule has 4 heterocycles. The molecule has 3 aromatic heterocycles. The minimum absolute atomic E-state index is 0.00850. The number of alkyl halides is 1. The highest BCUT2D eigenvalue weighted by Gasteiger charge is 2.60. The van der Waals surface area contributed by atoms with Crippen LogP contribution in [0.5, 0.6) is 0 Å². The van der Waals surface area contributed by atoms with E-state index in [0.717, 1.165) is 0 Å². The van der Waals surface area contributed by atoms with Crippen molar-refractivity contribution in [2.45, 2.75) is 147 Å². The minimum atomic E-state index is -5.03. The molecular weight excluding hydrogens is 958 g/mol. The number of aromatic amines is 1. The Labute approximate surface area is 390 Å². The van der Waals surface area contributed by atoms with E-state index in [1.165, 1.54) is 23.5 Å². The number of ether oxygens (including phenoxy) is 1. The van der Waals surface area contributed by atoms with Gasteiger partial charge in [-0.2, -0.15) is 10.2 Å². The molecule has 24 nitrogen and oxygen atoms in total. The molecule has 2 unspecified atom stereocenters. The zero-order valence-electron chi connectivity index (χ0n) is 39.0. The molecule has 3 aromatic rings. The van der Waals surface area contributed by atoms with Crippen LogP contribution in [0.4, 0.5) is 16.3 Å². The molecule has 1 amide bonds. The van der Waals surface area contributed by atoms with Gasteiger partial charge in [0, 0.05) is 16.4 Å². The maximum absolute atomic E-state index is 16.0. The van der Waals surface area contributed by atoms with Gasteiger partial charge in [-0.15, -0.1) is 9.42 Å². The van der Waals surface area contributed by atoms with Crippen molar-refractivity contribution in [2.24, 2.45) is 11.8 Å². The van der Waals surface area contributed by atoms with E-state index in [4.69, 9.17) is 31.4 Å². The molecule has 1 saturated heterocycles. The Bertz CT molecular complexity index is 2300. The van der Waals surface area contributed by atoms with Crippen molar-refractivity contribution in [1.82, 2.24) is 34.5 Å². The zero-order valence-corrected chi connectivity index (χ0v) is 42.8. The van der Waals surface area contributed by atoms with Gasteiger partial charge < -0.3 is 28.5 Å². The van der Waals surface area contributed by atoms with Gasteiger partial charge in [0.05, 0.1) is 44.7 Å². The first-order valence-electron chi connectivity index (χ1n) is 21.9. The summed E-state index contributed by atoms with van der Waals surface area (Å²) in [4.78, 5) is 70.9. The third kappa shape index (κ3) is 12.4. The Morgan fingerprint density at radius 1 is 1.06 bits per heavy atom. The number of hydrogen-bond acceptors (Lipinski definition) is 20. The number of anilines is 2. The predicted octanol–water partition coefficient (Wildman–Crippen LogP) is 5.02. The number of fused-ring (bicyclic) bond motifs is 1. The zero-order chi connectivity index (χ0) is 49.6. The highest BCUT2D eigenvalue weighted by atomic mass is 31.2. The number of aliphatic hydroxyl groups is 1. The summed E-state index contributed by atoms with van der Waals surface area (Å²) in [7, 11) is -15.7. The van der Waals surface area contributed by atoms with Crippen molar-refractivity contribution >= 4 is 62.2 Å². The Balaban J connectivity index is 1.64. The number of nitrogens with zero attached hydrogens (tertiary/aromatic N) is 7. The first-order valence-corrected chi connectivity index (χ1v) is 28.5. The Morgan fingerprint density at radius 3 is 2.28 bits per heavy atom. The van der Waals surface area contributed by atoms with Crippen LogP contribution in [-0.4, -0.2) is 129 Å². The number of amides is 1. The van der Waals surface area contributed by atoms with Gasteiger partial charge in [0.2, 0.25) is 17.8 Å². The SMILES string of the molecule is CC(C)C(=O)Nc1nc2c(ncn2[C@@H]2O[C@H](CO)[C@@H](O[Si](O[Si](O)(C(C)C)C(C)C)(C(C)C)C(C)C)[C@@H]2OP(=O)(OCCC#N)OC[C@H]2C[C@@H](Nc3ncncn3)[C@H](F)[C@@H]2O[P+](=O)O)c(=O)[nH]1. The molecule has 0 spiro atoms. The summed E-state index contributed by atoms with van der Waals surface area (Å²) in [5, 5.41) is 25.9. The molecule has 1 aliphatic carbocycles. The summed E-state index contributed by atoms with van der Waals surface area (Å²) >= 11 is 0. The van der Waals surface area contributed by atoms with Crippen LogP contribution in [0.1, 0.15) is 88.3 Å². The number of H-pyrrole nitrogens is 1. The van der Waals surface area contributed by atoms with Crippen LogP contribution >= 0.6 is 16.1 Å². The van der Waals surface area contributed by atoms with Gasteiger partial charge in [-0.05, 0) is 28.6 Å². The first kappa shape index (κ1) is 54.4. The lowest BCUT2D eigenvalue weighted by atomic mass is 10.1. The normalized spacial score (nSPS) is 24.8. The molecule has 6 N–H and O–H groups in total. The molecule has 29 heteroatoms. The van der Waals surface area contributed by atoms with E-state index in [2.05, 4.69) is 40.5 Å². The van der Waals surface area contributed by atoms with Gasteiger partial charge >= 0.3 is 33.2 Å². The van der Waals surface area contributed by atoms with E-state index in [9.17, 15) is 34.2 Å². The van der Waals surface area contributed by atoms with Crippen LogP contribution in [0.3, 0.4) is 0 Å². The van der Waals surface area contributed by atoms with E-state index in [1.807, 2.05) is 61.5 Å². The van der Waals surface area contributed by atoms with Gasteiger partial charge in [0.25, 0.3) is 5.56 Å². The third-order valence-electron chi connectivity index (χ3n) is 11.7. The maximum Gasteiger partial charge on any atom is 0.695 e. The van der Waals surface area contributed by atoms with Crippen molar-refractivity contribution < 1.29 is 64.5 Å². The topological polar surface area (TPSA) is 327 Å². The van der Waals surface area contributed by atoms with E-state index < -0.39 is 119 Å². The van der Waals surface area contributed by atoms with Crippen molar-refractivity contribution in [3.63, 3.8) is 0 Å². The monoisotopic (exact) mass is 1020 g/mol. The fourth-order valence-corrected chi connectivity index (χ4v) is 19.9. The predicted molar refractivity (Wildman–Crippen MR) is 242 cm³/mol. The fraction of sp³-hybridized carbons (Fsp3) is 0.737. The molecule has 372 valence electrons. The van der Waals surface area contributed by atoms with Crippen LogP contribution in [-0.2, 0) is 45.3 Å². The van der Waals surface area contributed by atoms with Crippen LogP contribution in [0, 0.1) is 23.2 Å². The molecule has 0 aromatic carbocycles. The lowest BCUT2D eigenvalue weighted by Gasteiger charge is -2.47. The number of aromatic nitrogens is 7. The van der Waals surface area contributed by atoms with Crippen LogP contribution in [0.25, 0.3) is 11.2 Å². The number of halogens is 1. The van der Waals surface area contributed by atoms with Gasteiger partial charge in [-0.1, -0.05) is 69.2 Å². The average Bonchev–Trinajstić information content (AvgIpc) is 3.92. The Hall–Kier alpha value is -3.59. The summed E-state index contributed by atoms with van der Waals surface area (Å²) in [5.74, 6) is -2.26. The number of phosphoric ester groups is 1. The highest BCUT2D eigenvalue weighted by molar-refractivity contribution is 7.48. The number of aliphatic hydroxyl groups excluding tert-OH is 1. The second-order valence-electron chi connectivity index (χ2n) is 17.9. The summed E-state index contributed by atoms with van der Waals surface area (Å²) in [5.41, 5.74) is -2.41. The Morgan fingerprint density at radius 2 is 1.72 bits per heavy atom. The van der Waals surface area contributed by atoms with Gasteiger partial charge in [-0.3, -0.25) is 38.0 Å². The quantitative estimate of drug-likeness (QED) is 0.0390. The Kier molecular flexibility index (Phi) is 18.6. The largest absolute Gasteiger partial charge is 0.695 e. The highest BCUT2D eigenvalue weighted by Crippen LogP contribution is 2.56. The lowest BCUT2D eigenvalue weighted by molar-refractivity contribution is -0.118. The number of imidazole rings is 1. The van der Waals surface area contributed by atoms with Crippen molar-refractivity contribution in [3.8, 4) is 6.07 Å². The number of phosphoric acid groups is 1. The van der Waals surface area contributed by atoms with E-state index >= 15 is 8.96 Å². The molecule has 0 bridgehead atoms. The van der Waals surface area contributed by atoms with Gasteiger partial charge in [0.15, 0.2) is 29.7 Å². The summed E-state index contributed by atoms with van der Waals surface area (Å²) in [6, 6.07) is 0.802. The number of carbonyl (C=O) groups excluding carboxylic acids is 1. The van der Waals surface area contributed by atoms with E-state index in [1.54, 1.807) is 13.8 Å². The smallest absolute Gasteiger partial charge is 0.414 e. The van der Waals surface area contributed by atoms with Crippen molar-refractivity contribution in [2.75, 3.05) is 30.5 Å². The first-order chi connectivity index (χ1) is 31.5. The molecular formula is C38H62FN10O14P2Si2+. The molecule has 1 aliphatic heterocycles. The van der Waals surface area contributed by atoms with E-state index in [-0.39, 0.29) is 58.1 Å². The number of hydrogen-bond donors (Lipinski definition) is 6. The summed E-state index contributed by atoms with van der Waals surface area (Å²) < 4.78 is 88.3. The fourth-order valence-electron chi connectivity index (χ4n) is 8.08. The lowest BCUT2D eigenvalue weighted by Crippen LogP contribution is -2.62. The molecule has 67 heavy (non-hydrogen) atoms. The van der Waals surface area contributed by atoms with Gasteiger partial charge in [-0.25, -0.2) is 28.9 Å². The van der Waals surface area contributed by atoms with Gasteiger partial charge in [0.1, 0.15) is 31.0 Å². The van der Waals surface area contributed by atoms with Crippen molar-refractivity contribution in [3.05, 3.63) is 29.3 Å². The third-order valence-corrected chi connectivity index (χ3v) is 23.4. The van der Waals surface area contributed by atoms with E-state index in [0.29, 0.717) is 0 Å². The second-order valence-corrected chi connectivity index (χ2v) is 28.8. The molecule has 0 radical (unpaired) electrons. The number of carbonyl (C=O) groups is 1. The minimum Gasteiger partial charge on any atom is -0.414 e. The maximum atomic E-state index is 16.0. The summed E-state index contributed by atoms with van der Waals surface area (Å²) in [6.45, 7) is 16.4. The van der Waals surface area contributed by atoms with Crippen LogP contribution < -0.4 is 16.2 Å². The van der Waals surface area contributed by atoms with Crippen molar-refractivity contribution in [1.29, 1.82) is 5.26 Å². The number of nitrogens with one attached hydrogen (secondary N) is 3. The molecule has 1 saturated carbocycles. The molecule has 5 rings (SSSR count). The second kappa shape index (κ2) is 22.9. The number of nitriles is 1. The standard InChI is InChI=1S/C38H61FN10O14P2Si2/c1-20(2)34(51)47-38-46-33-29(35(52)48-38)44-19-49(33)36-32(31(27(15-50)59-36)62-67(23(7)8,24(9)10)63-66(56,21(3)4)22(5)6)61-65(55,57-13-11-12-40)58-16-25-14-26(28(39)30(25)60-64(53)54)45-37-42-17-41-18-43-37/h17-28,30-32,36,50,56H,11,13-16H2,1-10H3,(H3-,41,42,43,45,46,47,48,51,52,53,54)/p+1/t25-,26-,27-,28+,30-,31-,32+,36-,65?/m1/s1. The molecule has 2 fully saturated rings. The molecule has 10 atom stereocenters. The number of rotatable bonds is 24. The molecule has 2 aliphatic rings. The van der Waals surface area contributed by atoms with Crippen LogP contribution in [0.2, 0.25) is 22.2 Å². The van der Waals surface area contributed by atoms with Crippen LogP contribution in [0.15, 0.2) is 23.8 Å².